The molecule has 1 aliphatic carbocycles. The van der Waals surface area contributed by atoms with Gasteiger partial charge in [-0.05, 0) is 79.3 Å². The average Bonchev–Trinajstić information content (AvgIpc) is 2.69. The van der Waals surface area contributed by atoms with Crippen LogP contribution in [0.5, 0.6) is 5.75 Å². The second-order valence-corrected chi connectivity index (χ2v) is 7.13. The van der Waals surface area contributed by atoms with Gasteiger partial charge in [0.05, 0.1) is 5.56 Å². The normalized spacial score (nSPS) is 20.2. The maximum absolute atomic E-state index is 12.3. The number of aryl methyl sites for hydroxylation is 1. The van der Waals surface area contributed by atoms with E-state index in [0.29, 0.717) is 17.2 Å². The van der Waals surface area contributed by atoms with E-state index in [9.17, 15) is 4.79 Å². The first kappa shape index (κ1) is 17.7. The summed E-state index contributed by atoms with van der Waals surface area (Å²) < 4.78 is 5.47. The summed E-state index contributed by atoms with van der Waals surface area (Å²) in [6.07, 6.45) is 7.49. The molecule has 1 aliphatic rings. The highest BCUT2D eigenvalue weighted by molar-refractivity contribution is 5.91. The lowest BCUT2D eigenvalue weighted by atomic mass is 9.78. The molecule has 0 amide bonds. The van der Waals surface area contributed by atoms with E-state index in [1.807, 2.05) is 36.4 Å². The Balaban J connectivity index is 1.60. The van der Waals surface area contributed by atoms with E-state index in [1.54, 1.807) is 0 Å². The molecule has 0 atom stereocenters. The van der Waals surface area contributed by atoms with Gasteiger partial charge in [0.15, 0.2) is 0 Å². The van der Waals surface area contributed by atoms with E-state index in [1.165, 1.54) is 43.2 Å². The van der Waals surface area contributed by atoms with Crippen LogP contribution in [0.2, 0.25) is 0 Å². The Kier molecular flexibility index (Phi) is 5.91. The third kappa shape index (κ3) is 4.50. The highest BCUT2D eigenvalue weighted by Gasteiger charge is 2.21. The molecule has 0 spiro atoms. The van der Waals surface area contributed by atoms with Crippen LogP contribution in [0.3, 0.4) is 0 Å². The lowest BCUT2D eigenvalue weighted by Gasteiger charge is -2.28. The van der Waals surface area contributed by atoms with E-state index < -0.39 is 0 Å². The SMILES string of the molecule is CCc1ccc(OC(=O)c2ccc(C3CCC(CC)CC3)cc2)cc1. The maximum Gasteiger partial charge on any atom is 0.343 e. The molecule has 0 aromatic heterocycles. The zero-order valence-corrected chi connectivity index (χ0v) is 15.3. The van der Waals surface area contributed by atoms with Gasteiger partial charge in [0.2, 0.25) is 0 Å². The molecule has 2 aromatic carbocycles. The second-order valence-electron chi connectivity index (χ2n) is 7.13. The molecule has 0 aliphatic heterocycles. The van der Waals surface area contributed by atoms with Crippen molar-refractivity contribution >= 4 is 5.97 Å². The minimum absolute atomic E-state index is 0.287. The van der Waals surface area contributed by atoms with Crippen molar-refractivity contribution in [2.24, 2.45) is 5.92 Å². The monoisotopic (exact) mass is 336 g/mol. The third-order valence-corrected chi connectivity index (χ3v) is 5.58. The molecule has 1 saturated carbocycles. The molecule has 0 saturated heterocycles. The lowest BCUT2D eigenvalue weighted by molar-refractivity contribution is 0.0734. The van der Waals surface area contributed by atoms with E-state index >= 15 is 0 Å². The number of hydrogen-bond acceptors (Lipinski definition) is 2. The number of ether oxygens (including phenoxy) is 1. The van der Waals surface area contributed by atoms with Gasteiger partial charge in [-0.3, -0.25) is 0 Å². The number of benzene rings is 2. The first-order valence-electron chi connectivity index (χ1n) is 9.60. The molecule has 132 valence electrons. The molecular formula is C23H28O2. The molecule has 2 heteroatoms. The van der Waals surface area contributed by atoms with Gasteiger partial charge in [0, 0.05) is 0 Å². The summed E-state index contributed by atoms with van der Waals surface area (Å²) in [5.41, 5.74) is 3.21. The largest absolute Gasteiger partial charge is 0.423 e. The average molecular weight is 336 g/mol. The van der Waals surface area contributed by atoms with Crippen LogP contribution in [-0.2, 0) is 6.42 Å². The highest BCUT2D eigenvalue weighted by atomic mass is 16.5. The summed E-state index contributed by atoms with van der Waals surface area (Å²) in [5.74, 6) is 1.87. The molecule has 0 N–H and O–H groups in total. The van der Waals surface area contributed by atoms with Gasteiger partial charge in [-0.2, -0.15) is 0 Å². The minimum Gasteiger partial charge on any atom is -0.423 e. The fourth-order valence-electron chi connectivity index (χ4n) is 3.75. The molecule has 2 nitrogen and oxygen atoms in total. The molecule has 2 aromatic rings. The van der Waals surface area contributed by atoms with E-state index in [2.05, 4.69) is 26.0 Å². The summed E-state index contributed by atoms with van der Waals surface area (Å²) in [7, 11) is 0. The van der Waals surface area contributed by atoms with Gasteiger partial charge in [0.25, 0.3) is 0 Å². The smallest absolute Gasteiger partial charge is 0.343 e. The summed E-state index contributed by atoms with van der Waals surface area (Å²) in [6.45, 7) is 4.40. The fraction of sp³-hybridized carbons (Fsp3) is 0.435. The molecule has 0 heterocycles. The summed E-state index contributed by atoms with van der Waals surface area (Å²) in [4.78, 5) is 12.3. The Morgan fingerprint density at radius 2 is 1.56 bits per heavy atom. The van der Waals surface area contributed by atoms with Crippen molar-refractivity contribution in [1.82, 2.24) is 0 Å². The molecule has 25 heavy (non-hydrogen) atoms. The molecule has 0 radical (unpaired) electrons. The van der Waals surface area contributed by atoms with Crippen molar-refractivity contribution in [2.45, 2.75) is 58.3 Å². The van der Waals surface area contributed by atoms with Crippen molar-refractivity contribution in [3.05, 3.63) is 65.2 Å². The molecular weight excluding hydrogens is 308 g/mol. The van der Waals surface area contributed by atoms with E-state index in [-0.39, 0.29) is 5.97 Å². The topological polar surface area (TPSA) is 26.3 Å². The molecule has 1 fully saturated rings. The van der Waals surface area contributed by atoms with Crippen LogP contribution in [-0.4, -0.2) is 5.97 Å². The maximum atomic E-state index is 12.3. The number of hydrogen-bond donors (Lipinski definition) is 0. The van der Waals surface area contributed by atoms with Crippen LogP contribution < -0.4 is 4.74 Å². The Labute approximate surface area is 151 Å². The van der Waals surface area contributed by atoms with Crippen LogP contribution in [0.1, 0.15) is 73.4 Å². The van der Waals surface area contributed by atoms with Gasteiger partial charge >= 0.3 is 5.97 Å². The Morgan fingerprint density at radius 3 is 2.12 bits per heavy atom. The first-order chi connectivity index (χ1) is 12.2. The Bertz CT molecular complexity index is 677. The van der Waals surface area contributed by atoms with Crippen LogP contribution in [0.25, 0.3) is 0 Å². The summed E-state index contributed by atoms with van der Waals surface area (Å²) >= 11 is 0. The predicted octanol–water partition coefficient (Wildman–Crippen LogP) is 6.15. The number of carbonyl (C=O) groups excluding carboxylic acids is 1. The van der Waals surface area contributed by atoms with E-state index in [4.69, 9.17) is 4.74 Å². The van der Waals surface area contributed by atoms with Crippen molar-refractivity contribution < 1.29 is 9.53 Å². The van der Waals surface area contributed by atoms with Gasteiger partial charge < -0.3 is 4.74 Å². The highest BCUT2D eigenvalue weighted by Crippen LogP contribution is 2.36. The predicted molar refractivity (Wildman–Crippen MR) is 102 cm³/mol. The quantitative estimate of drug-likeness (QED) is 0.483. The minimum atomic E-state index is -0.287. The standard InChI is InChI=1S/C23H28O2/c1-3-17-5-9-19(10-6-17)20-11-13-21(14-12-20)23(24)25-22-15-7-18(4-2)8-16-22/h7-8,11-17,19H,3-6,9-10H2,1-2H3. The third-order valence-electron chi connectivity index (χ3n) is 5.58. The van der Waals surface area contributed by atoms with Gasteiger partial charge in [-0.1, -0.05) is 44.5 Å². The molecule has 0 bridgehead atoms. The fourth-order valence-corrected chi connectivity index (χ4v) is 3.75. The van der Waals surface area contributed by atoms with Crippen molar-refractivity contribution in [3.8, 4) is 5.75 Å². The zero-order chi connectivity index (χ0) is 17.6. The Hall–Kier alpha value is -2.09. The van der Waals surface area contributed by atoms with Crippen LogP contribution >= 0.6 is 0 Å². The van der Waals surface area contributed by atoms with Crippen LogP contribution in [0, 0.1) is 5.92 Å². The second kappa shape index (κ2) is 8.33. The van der Waals surface area contributed by atoms with Gasteiger partial charge in [-0.25, -0.2) is 4.79 Å². The Morgan fingerprint density at radius 1 is 0.920 bits per heavy atom. The molecule has 0 unspecified atom stereocenters. The van der Waals surface area contributed by atoms with Crippen molar-refractivity contribution in [3.63, 3.8) is 0 Å². The molecule has 3 rings (SSSR count). The number of rotatable bonds is 5. The lowest BCUT2D eigenvalue weighted by Crippen LogP contribution is -2.13. The zero-order valence-electron chi connectivity index (χ0n) is 15.3. The van der Waals surface area contributed by atoms with E-state index in [0.717, 1.165) is 12.3 Å². The summed E-state index contributed by atoms with van der Waals surface area (Å²) in [5, 5.41) is 0. The first-order valence-corrected chi connectivity index (χ1v) is 9.60. The number of carbonyl (C=O) groups is 1. The van der Waals surface area contributed by atoms with Crippen molar-refractivity contribution in [2.75, 3.05) is 0 Å². The van der Waals surface area contributed by atoms with Crippen molar-refractivity contribution in [1.29, 1.82) is 0 Å². The summed E-state index contributed by atoms with van der Waals surface area (Å²) in [6, 6.07) is 15.7. The van der Waals surface area contributed by atoms with Crippen LogP contribution in [0.4, 0.5) is 0 Å². The number of esters is 1. The van der Waals surface area contributed by atoms with Gasteiger partial charge in [-0.15, -0.1) is 0 Å². The van der Waals surface area contributed by atoms with Crippen LogP contribution in [0.15, 0.2) is 48.5 Å². The van der Waals surface area contributed by atoms with Gasteiger partial charge in [0.1, 0.15) is 5.75 Å².